The lowest BCUT2D eigenvalue weighted by Crippen LogP contribution is -2.17. The van der Waals surface area contributed by atoms with Crippen LogP contribution in [0.5, 0.6) is 0 Å². The highest BCUT2D eigenvalue weighted by atomic mass is 16.4. The van der Waals surface area contributed by atoms with E-state index in [0.29, 0.717) is 11.8 Å². The van der Waals surface area contributed by atoms with E-state index < -0.39 is 0 Å². The Morgan fingerprint density at radius 3 is 1.20 bits per heavy atom. The minimum atomic E-state index is -0.290. The Labute approximate surface area is 342 Å². The molecule has 282 valence electrons. The molecule has 0 spiro atoms. The number of rotatable bonds is 8. The summed E-state index contributed by atoms with van der Waals surface area (Å²) in [7, 11) is 0. The van der Waals surface area contributed by atoms with E-state index in [1.165, 1.54) is 22.3 Å². The van der Waals surface area contributed by atoms with Crippen LogP contribution in [0.3, 0.4) is 0 Å². The first-order valence-corrected chi connectivity index (χ1v) is 19.9. The molecule has 59 heavy (non-hydrogen) atoms. The molecule has 0 bridgehead atoms. The van der Waals surface area contributed by atoms with Crippen molar-refractivity contribution < 1.29 is 8.83 Å². The van der Waals surface area contributed by atoms with E-state index in [9.17, 15) is 0 Å². The summed E-state index contributed by atoms with van der Waals surface area (Å²) in [6.45, 7) is 4.68. The Morgan fingerprint density at radius 1 is 0.373 bits per heavy atom. The van der Waals surface area contributed by atoms with Crippen LogP contribution in [0.15, 0.2) is 203 Å². The fraction of sp³-hybridized carbons (Fsp3) is 0.0566. The van der Waals surface area contributed by atoms with E-state index in [1.807, 2.05) is 48.5 Å². The zero-order chi connectivity index (χ0) is 39.5. The lowest BCUT2D eigenvalue weighted by molar-refractivity contribution is 0.619. The maximum Gasteiger partial charge on any atom is 0.227 e. The molecule has 6 heteroatoms. The van der Waals surface area contributed by atoms with Gasteiger partial charge in [-0.05, 0) is 131 Å². The molecule has 0 atom stereocenters. The van der Waals surface area contributed by atoms with Crippen molar-refractivity contribution in [3.63, 3.8) is 0 Å². The van der Waals surface area contributed by atoms with Crippen molar-refractivity contribution in [2.75, 3.05) is 9.80 Å². The van der Waals surface area contributed by atoms with Gasteiger partial charge in [0.05, 0.1) is 0 Å². The van der Waals surface area contributed by atoms with Crippen molar-refractivity contribution in [1.29, 1.82) is 0 Å². The van der Waals surface area contributed by atoms with Crippen molar-refractivity contribution in [3.8, 4) is 34.0 Å². The molecule has 6 nitrogen and oxygen atoms in total. The van der Waals surface area contributed by atoms with Crippen LogP contribution in [-0.4, -0.2) is 9.97 Å². The van der Waals surface area contributed by atoms with Gasteiger partial charge < -0.3 is 18.6 Å². The first-order chi connectivity index (χ1) is 29.0. The highest BCUT2D eigenvalue weighted by Crippen LogP contribution is 2.52. The van der Waals surface area contributed by atoms with E-state index in [1.54, 1.807) is 0 Å². The standard InChI is InChI=1S/C53H38N4O2/c1-53(2)45-33-41(56(37-17-5-3-6-18-37)39-21-13-15-35(31-39)51-54-47-23-9-11-25-49(47)58-51)27-29-43(45)44-30-28-42(34-46(44)53)57(38-19-7-4-8-20-38)40-22-14-16-36(32-40)52-55-48-24-10-12-26-50(48)59-52/h3-34H,1-2H3. The van der Waals surface area contributed by atoms with Gasteiger partial charge in [-0.2, -0.15) is 0 Å². The zero-order valence-electron chi connectivity index (χ0n) is 32.6. The van der Waals surface area contributed by atoms with E-state index in [2.05, 4.69) is 169 Å². The SMILES string of the molecule is CC1(C)c2cc(N(c3ccccc3)c3cccc(-c4nc5ccccc5o4)c3)ccc2-c2ccc(N(c3ccccc3)c3cccc(-c4nc5ccccc5o4)c3)cc21. The number of oxazole rings is 2. The first kappa shape index (κ1) is 34.5. The molecule has 1 aliphatic rings. The summed E-state index contributed by atoms with van der Waals surface area (Å²) in [5.41, 5.74) is 16.2. The van der Waals surface area contributed by atoms with Gasteiger partial charge in [0.2, 0.25) is 11.8 Å². The van der Waals surface area contributed by atoms with Crippen LogP contribution < -0.4 is 9.80 Å². The average Bonchev–Trinajstić information content (AvgIpc) is 3.98. The zero-order valence-corrected chi connectivity index (χ0v) is 32.6. The summed E-state index contributed by atoms with van der Waals surface area (Å²) in [6.07, 6.45) is 0. The van der Waals surface area contributed by atoms with Gasteiger partial charge in [-0.15, -0.1) is 0 Å². The number of nitrogens with zero attached hydrogens (tertiary/aromatic N) is 4. The molecule has 8 aromatic carbocycles. The van der Waals surface area contributed by atoms with E-state index in [-0.39, 0.29) is 5.41 Å². The van der Waals surface area contributed by atoms with Crippen LogP contribution in [0, 0.1) is 0 Å². The molecule has 0 saturated heterocycles. The van der Waals surface area contributed by atoms with Crippen LogP contribution in [0.25, 0.3) is 56.2 Å². The maximum absolute atomic E-state index is 6.20. The highest BCUT2D eigenvalue weighted by molar-refractivity contribution is 5.89. The first-order valence-electron chi connectivity index (χ1n) is 19.9. The van der Waals surface area contributed by atoms with Gasteiger partial charge in [0, 0.05) is 50.7 Å². The van der Waals surface area contributed by atoms with Crippen molar-refractivity contribution in [1.82, 2.24) is 9.97 Å². The number of aromatic nitrogens is 2. The molecular formula is C53H38N4O2. The normalized spacial score (nSPS) is 12.7. The largest absolute Gasteiger partial charge is 0.436 e. The minimum absolute atomic E-state index is 0.290. The van der Waals surface area contributed by atoms with Gasteiger partial charge in [0.1, 0.15) is 11.0 Å². The average molecular weight is 763 g/mol. The molecule has 1 aliphatic carbocycles. The number of anilines is 6. The number of hydrogen-bond acceptors (Lipinski definition) is 6. The van der Waals surface area contributed by atoms with Gasteiger partial charge in [0.15, 0.2) is 11.2 Å². The Hall–Kier alpha value is -7.70. The van der Waals surface area contributed by atoms with Crippen molar-refractivity contribution in [2.45, 2.75) is 19.3 Å². The number of fused-ring (bicyclic) bond motifs is 5. The summed E-state index contributed by atoms with van der Waals surface area (Å²) >= 11 is 0. The van der Waals surface area contributed by atoms with E-state index in [4.69, 9.17) is 18.8 Å². The number of para-hydroxylation sites is 6. The second kappa shape index (κ2) is 13.7. The van der Waals surface area contributed by atoms with Gasteiger partial charge in [-0.3, -0.25) is 0 Å². The summed E-state index contributed by atoms with van der Waals surface area (Å²) in [5, 5.41) is 0. The molecule has 10 aromatic rings. The monoisotopic (exact) mass is 762 g/mol. The summed E-state index contributed by atoms with van der Waals surface area (Å²) in [4.78, 5) is 14.2. The van der Waals surface area contributed by atoms with Crippen molar-refractivity contribution in [3.05, 3.63) is 205 Å². The van der Waals surface area contributed by atoms with E-state index >= 15 is 0 Å². The molecule has 0 radical (unpaired) electrons. The lowest BCUT2D eigenvalue weighted by Gasteiger charge is -2.29. The van der Waals surface area contributed by atoms with Gasteiger partial charge in [-0.25, -0.2) is 9.97 Å². The van der Waals surface area contributed by atoms with Crippen LogP contribution >= 0.6 is 0 Å². The van der Waals surface area contributed by atoms with Gasteiger partial charge >= 0.3 is 0 Å². The van der Waals surface area contributed by atoms with Crippen LogP contribution in [0.2, 0.25) is 0 Å². The lowest BCUT2D eigenvalue weighted by atomic mass is 9.82. The minimum Gasteiger partial charge on any atom is -0.436 e. The molecule has 2 aromatic heterocycles. The summed E-state index contributed by atoms with van der Waals surface area (Å²) in [6, 6.07) is 67.5. The number of benzene rings is 8. The molecular weight excluding hydrogens is 725 g/mol. The van der Waals surface area contributed by atoms with Gasteiger partial charge in [-0.1, -0.05) is 98.8 Å². The fourth-order valence-electron chi connectivity index (χ4n) is 8.59. The van der Waals surface area contributed by atoms with Crippen LogP contribution in [0.1, 0.15) is 25.0 Å². The van der Waals surface area contributed by atoms with Crippen molar-refractivity contribution >= 4 is 56.3 Å². The predicted octanol–water partition coefficient (Wildman–Crippen LogP) is 14.5. The Bertz CT molecular complexity index is 2890. The molecule has 2 heterocycles. The Morgan fingerprint density at radius 2 is 0.763 bits per heavy atom. The summed E-state index contributed by atoms with van der Waals surface area (Å²) in [5.74, 6) is 1.20. The van der Waals surface area contributed by atoms with E-state index in [0.717, 1.165) is 67.5 Å². The highest BCUT2D eigenvalue weighted by Gasteiger charge is 2.37. The second-order valence-corrected chi connectivity index (χ2v) is 15.5. The molecule has 0 N–H and O–H groups in total. The van der Waals surface area contributed by atoms with Crippen LogP contribution in [0.4, 0.5) is 34.1 Å². The van der Waals surface area contributed by atoms with Crippen LogP contribution in [-0.2, 0) is 5.41 Å². The van der Waals surface area contributed by atoms with Crippen molar-refractivity contribution in [2.24, 2.45) is 0 Å². The topological polar surface area (TPSA) is 58.5 Å². The third-order valence-corrected chi connectivity index (χ3v) is 11.5. The third-order valence-electron chi connectivity index (χ3n) is 11.5. The third kappa shape index (κ3) is 5.96. The molecule has 0 unspecified atom stereocenters. The molecule has 0 amide bonds. The molecule has 0 saturated carbocycles. The molecule has 0 fully saturated rings. The predicted molar refractivity (Wildman–Crippen MR) is 239 cm³/mol. The fourth-order valence-corrected chi connectivity index (χ4v) is 8.59. The second-order valence-electron chi connectivity index (χ2n) is 15.5. The summed E-state index contributed by atoms with van der Waals surface area (Å²) < 4.78 is 12.4. The van der Waals surface area contributed by atoms with Gasteiger partial charge in [0.25, 0.3) is 0 Å². The Balaban J connectivity index is 0.988. The quantitative estimate of drug-likeness (QED) is 0.154. The number of hydrogen-bond donors (Lipinski definition) is 0. The smallest absolute Gasteiger partial charge is 0.227 e. The Kier molecular flexibility index (Phi) is 8.05. The molecule has 11 rings (SSSR count). The maximum atomic E-state index is 6.20. The molecule has 0 aliphatic heterocycles.